The summed E-state index contributed by atoms with van der Waals surface area (Å²) in [5, 5.41) is 5.71. The Morgan fingerprint density at radius 1 is 1.18 bits per heavy atom. The minimum Gasteiger partial charge on any atom is -0.331 e. The number of hydrogen-bond donors (Lipinski definition) is 2. The first-order chi connectivity index (χ1) is 10.5. The molecule has 0 aliphatic rings. The molecule has 1 aromatic heterocycles. The number of carbonyl (C=O) groups is 1. The molecule has 0 bridgehead atoms. The molecule has 0 saturated heterocycles. The quantitative estimate of drug-likeness (QED) is 0.895. The van der Waals surface area contributed by atoms with E-state index < -0.39 is 0 Å². The van der Waals surface area contributed by atoms with Gasteiger partial charge >= 0.3 is 6.03 Å². The van der Waals surface area contributed by atoms with Gasteiger partial charge in [0.1, 0.15) is 5.82 Å². The van der Waals surface area contributed by atoms with Gasteiger partial charge in [0.25, 0.3) is 0 Å². The smallest absolute Gasteiger partial charge is 0.319 e. The second kappa shape index (κ2) is 7.02. The van der Waals surface area contributed by atoms with Gasteiger partial charge in [0, 0.05) is 17.6 Å². The maximum Gasteiger partial charge on any atom is 0.319 e. The van der Waals surface area contributed by atoms with Gasteiger partial charge in [0.15, 0.2) is 0 Å². The molecule has 0 fully saturated rings. The second-order valence-electron chi connectivity index (χ2n) is 5.56. The van der Waals surface area contributed by atoms with Crippen LogP contribution in [0.15, 0.2) is 42.6 Å². The number of hydrogen-bond acceptors (Lipinski definition) is 2. The molecule has 0 saturated carbocycles. The van der Waals surface area contributed by atoms with Crippen LogP contribution in [0.3, 0.4) is 0 Å². The Morgan fingerprint density at radius 2 is 1.86 bits per heavy atom. The molecule has 2 rings (SSSR count). The third kappa shape index (κ3) is 4.28. The number of halogens is 1. The molecular weight excluding hydrogens is 281 g/mol. The summed E-state index contributed by atoms with van der Waals surface area (Å²) in [4.78, 5) is 16.2. The van der Waals surface area contributed by atoms with Crippen LogP contribution in [0.25, 0.3) is 0 Å². The molecule has 1 aromatic carbocycles. The van der Waals surface area contributed by atoms with Crippen LogP contribution in [0.4, 0.5) is 14.9 Å². The summed E-state index contributed by atoms with van der Waals surface area (Å²) in [5.74, 6) is -0.113. The Bertz CT molecular complexity index is 641. The molecule has 116 valence electrons. The number of anilines is 1. The molecule has 2 aromatic rings. The highest BCUT2D eigenvalue weighted by molar-refractivity contribution is 5.89. The average Bonchev–Trinajstić information content (AvgIpc) is 2.45. The van der Waals surface area contributed by atoms with Crippen molar-refractivity contribution in [3.63, 3.8) is 0 Å². The SMILES string of the molecule is Cc1cc(NC(=O)NC(c2ccc(F)cc2)C(C)C)ccn1. The maximum atomic E-state index is 13.0. The molecule has 2 amide bonds. The van der Waals surface area contributed by atoms with Crippen LogP contribution < -0.4 is 10.6 Å². The fraction of sp³-hybridized carbons (Fsp3) is 0.294. The highest BCUT2D eigenvalue weighted by Gasteiger charge is 2.18. The van der Waals surface area contributed by atoms with Crippen LogP contribution in [0.1, 0.15) is 31.1 Å². The first-order valence-corrected chi connectivity index (χ1v) is 7.21. The van der Waals surface area contributed by atoms with Gasteiger partial charge in [-0.2, -0.15) is 0 Å². The van der Waals surface area contributed by atoms with E-state index in [1.54, 1.807) is 30.5 Å². The Morgan fingerprint density at radius 3 is 2.45 bits per heavy atom. The predicted molar refractivity (Wildman–Crippen MR) is 85.1 cm³/mol. The van der Waals surface area contributed by atoms with E-state index >= 15 is 0 Å². The largest absolute Gasteiger partial charge is 0.331 e. The first kappa shape index (κ1) is 15.9. The van der Waals surface area contributed by atoms with E-state index in [4.69, 9.17) is 0 Å². The van der Waals surface area contributed by atoms with Crippen molar-refractivity contribution in [1.29, 1.82) is 0 Å². The molecule has 5 heteroatoms. The summed E-state index contributed by atoms with van der Waals surface area (Å²) in [7, 11) is 0. The molecule has 22 heavy (non-hydrogen) atoms. The molecule has 0 aliphatic heterocycles. The lowest BCUT2D eigenvalue weighted by Gasteiger charge is -2.23. The molecule has 1 heterocycles. The molecule has 1 unspecified atom stereocenters. The number of rotatable bonds is 4. The van der Waals surface area contributed by atoms with Gasteiger partial charge in [-0.1, -0.05) is 26.0 Å². The molecule has 0 aliphatic carbocycles. The van der Waals surface area contributed by atoms with Crippen molar-refractivity contribution in [1.82, 2.24) is 10.3 Å². The van der Waals surface area contributed by atoms with Crippen LogP contribution >= 0.6 is 0 Å². The van der Waals surface area contributed by atoms with Crippen molar-refractivity contribution in [2.75, 3.05) is 5.32 Å². The topological polar surface area (TPSA) is 54.0 Å². The summed E-state index contributed by atoms with van der Waals surface area (Å²) < 4.78 is 13.0. The Labute approximate surface area is 129 Å². The van der Waals surface area contributed by atoms with Crippen LogP contribution in [0.2, 0.25) is 0 Å². The van der Waals surface area contributed by atoms with Crippen molar-refractivity contribution in [2.24, 2.45) is 5.92 Å². The second-order valence-corrected chi connectivity index (χ2v) is 5.56. The van der Waals surface area contributed by atoms with Gasteiger partial charge in [-0.15, -0.1) is 0 Å². The lowest BCUT2D eigenvalue weighted by Crippen LogP contribution is -2.35. The van der Waals surface area contributed by atoms with Crippen molar-refractivity contribution in [2.45, 2.75) is 26.8 Å². The van der Waals surface area contributed by atoms with Crippen molar-refractivity contribution in [3.8, 4) is 0 Å². The van der Waals surface area contributed by atoms with Crippen molar-refractivity contribution >= 4 is 11.7 Å². The highest BCUT2D eigenvalue weighted by atomic mass is 19.1. The predicted octanol–water partition coefficient (Wildman–Crippen LogP) is 4.05. The number of pyridine rings is 1. The summed E-state index contributed by atoms with van der Waals surface area (Å²) in [6.45, 7) is 5.87. The zero-order chi connectivity index (χ0) is 16.1. The van der Waals surface area contributed by atoms with E-state index in [9.17, 15) is 9.18 Å². The van der Waals surface area contributed by atoms with Gasteiger partial charge in [-0.05, 0) is 42.7 Å². The minimum atomic E-state index is -0.298. The van der Waals surface area contributed by atoms with Crippen LogP contribution in [0, 0.1) is 18.7 Å². The molecule has 0 spiro atoms. The van der Waals surface area contributed by atoms with Gasteiger partial charge < -0.3 is 10.6 Å². The van der Waals surface area contributed by atoms with Crippen molar-refractivity contribution < 1.29 is 9.18 Å². The molecule has 1 atom stereocenters. The zero-order valence-electron chi connectivity index (χ0n) is 12.9. The maximum absolute atomic E-state index is 13.0. The molecule has 0 radical (unpaired) electrons. The Hall–Kier alpha value is -2.43. The van der Waals surface area contributed by atoms with Gasteiger partial charge in [0.05, 0.1) is 6.04 Å². The summed E-state index contributed by atoms with van der Waals surface area (Å²) in [6, 6.07) is 9.22. The lowest BCUT2D eigenvalue weighted by molar-refractivity contribution is 0.244. The molecule has 4 nitrogen and oxygen atoms in total. The number of aryl methyl sites for hydroxylation is 1. The first-order valence-electron chi connectivity index (χ1n) is 7.21. The number of carbonyl (C=O) groups excluding carboxylic acids is 1. The summed E-state index contributed by atoms with van der Waals surface area (Å²) in [5.41, 5.74) is 2.39. The van der Waals surface area contributed by atoms with Crippen LogP contribution in [-0.4, -0.2) is 11.0 Å². The number of nitrogens with zero attached hydrogens (tertiary/aromatic N) is 1. The van der Waals surface area contributed by atoms with Crippen molar-refractivity contribution in [3.05, 3.63) is 59.7 Å². The fourth-order valence-electron chi connectivity index (χ4n) is 2.24. The average molecular weight is 301 g/mol. The molecule has 2 N–H and O–H groups in total. The van der Waals surface area contributed by atoms with E-state index in [0.717, 1.165) is 11.3 Å². The van der Waals surface area contributed by atoms with Gasteiger partial charge in [-0.25, -0.2) is 9.18 Å². The van der Waals surface area contributed by atoms with E-state index in [1.807, 2.05) is 20.8 Å². The van der Waals surface area contributed by atoms with Crippen LogP contribution in [-0.2, 0) is 0 Å². The Balaban J connectivity index is 2.07. The summed E-state index contributed by atoms with van der Waals surface area (Å²) >= 11 is 0. The number of aromatic nitrogens is 1. The standard InChI is InChI=1S/C17H20FN3O/c1-11(2)16(13-4-6-14(18)7-5-13)21-17(22)20-15-8-9-19-12(3)10-15/h4-11,16H,1-3H3,(H2,19,20,21,22). The number of amides is 2. The van der Waals surface area contributed by atoms with Gasteiger partial charge in [0.2, 0.25) is 0 Å². The van der Waals surface area contributed by atoms with E-state index in [2.05, 4.69) is 15.6 Å². The van der Waals surface area contributed by atoms with Crippen LogP contribution in [0.5, 0.6) is 0 Å². The molecular formula is C17H20FN3O. The third-order valence-electron chi connectivity index (χ3n) is 3.34. The normalized spacial score (nSPS) is 12.0. The minimum absolute atomic E-state index is 0.176. The van der Waals surface area contributed by atoms with Gasteiger partial charge in [-0.3, -0.25) is 4.98 Å². The monoisotopic (exact) mass is 301 g/mol. The van der Waals surface area contributed by atoms with E-state index in [0.29, 0.717) is 5.69 Å². The number of urea groups is 1. The highest BCUT2D eigenvalue weighted by Crippen LogP contribution is 2.22. The number of benzene rings is 1. The summed E-state index contributed by atoms with van der Waals surface area (Å²) in [6.07, 6.45) is 1.64. The fourth-order valence-corrected chi connectivity index (χ4v) is 2.24. The lowest BCUT2D eigenvalue weighted by atomic mass is 9.96. The zero-order valence-corrected chi connectivity index (χ0v) is 12.9. The third-order valence-corrected chi connectivity index (χ3v) is 3.34. The van der Waals surface area contributed by atoms with E-state index in [-0.39, 0.29) is 23.8 Å². The Kier molecular flexibility index (Phi) is 5.09. The van der Waals surface area contributed by atoms with E-state index in [1.165, 1.54) is 12.1 Å². The number of nitrogens with one attached hydrogen (secondary N) is 2.